The molecule has 7 nitrogen and oxygen atoms in total. The van der Waals surface area contributed by atoms with E-state index in [1.54, 1.807) is 19.3 Å². The number of benzene rings is 1. The second kappa shape index (κ2) is 9.40. The lowest BCUT2D eigenvalue weighted by atomic mass is 9.97. The zero-order valence-electron chi connectivity index (χ0n) is 18.8. The fraction of sp³-hybridized carbons (Fsp3) is 0.440. The number of likely N-dealkylation sites (tertiary alicyclic amines) is 1. The van der Waals surface area contributed by atoms with Crippen LogP contribution in [0.2, 0.25) is 0 Å². The molecule has 1 unspecified atom stereocenters. The summed E-state index contributed by atoms with van der Waals surface area (Å²) >= 11 is 0. The van der Waals surface area contributed by atoms with Crippen molar-refractivity contribution in [3.8, 4) is 0 Å². The number of fused-ring (bicyclic) bond motifs is 1. The van der Waals surface area contributed by atoms with E-state index in [-0.39, 0.29) is 12.3 Å². The molecule has 7 heteroatoms. The number of aliphatic hydroxyl groups is 1. The Morgan fingerprint density at radius 1 is 1.19 bits per heavy atom. The molecule has 0 aliphatic carbocycles. The van der Waals surface area contributed by atoms with Crippen LogP contribution in [0.25, 0.3) is 5.52 Å². The first-order valence-corrected chi connectivity index (χ1v) is 11.3. The molecule has 32 heavy (non-hydrogen) atoms. The summed E-state index contributed by atoms with van der Waals surface area (Å²) in [5, 5.41) is 24.0. The summed E-state index contributed by atoms with van der Waals surface area (Å²) < 4.78 is 1.86. The van der Waals surface area contributed by atoms with Crippen molar-refractivity contribution >= 4 is 11.4 Å². The van der Waals surface area contributed by atoms with E-state index in [4.69, 9.17) is 5.21 Å². The highest BCUT2D eigenvalue weighted by Crippen LogP contribution is 2.33. The molecule has 0 radical (unpaired) electrons. The van der Waals surface area contributed by atoms with Crippen molar-refractivity contribution in [2.75, 3.05) is 13.1 Å². The number of rotatable bonds is 8. The van der Waals surface area contributed by atoms with E-state index < -0.39 is 5.60 Å². The minimum atomic E-state index is -0.992. The number of carbonyl (C=O) groups is 1. The van der Waals surface area contributed by atoms with Gasteiger partial charge >= 0.3 is 0 Å². The number of hydroxylamine groups is 1. The summed E-state index contributed by atoms with van der Waals surface area (Å²) in [6.45, 7) is 5.55. The van der Waals surface area contributed by atoms with Crippen molar-refractivity contribution in [2.24, 2.45) is 0 Å². The molecule has 3 aromatic rings. The predicted molar refractivity (Wildman–Crippen MR) is 122 cm³/mol. The smallest absolute Gasteiger partial charge is 0.243 e. The molecule has 1 amide bonds. The first-order chi connectivity index (χ1) is 15.4. The average molecular weight is 437 g/mol. The van der Waals surface area contributed by atoms with Crippen molar-refractivity contribution in [1.29, 1.82) is 0 Å². The van der Waals surface area contributed by atoms with Gasteiger partial charge in [-0.2, -0.15) is 5.10 Å². The molecule has 170 valence electrons. The van der Waals surface area contributed by atoms with Crippen molar-refractivity contribution in [3.63, 3.8) is 0 Å². The molecule has 1 aliphatic rings. The Bertz CT molecular complexity index is 1070. The molecule has 1 fully saturated rings. The summed E-state index contributed by atoms with van der Waals surface area (Å²) in [5.41, 5.74) is 5.98. The molecule has 1 saturated heterocycles. The van der Waals surface area contributed by atoms with Gasteiger partial charge in [-0.25, -0.2) is 10.00 Å². The normalized spacial score (nSPS) is 17.2. The summed E-state index contributed by atoms with van der Waals surface area (Å²) in [7, 11) is 0. The highest BCUT2D eigenvalue weighted by Gasteiger charge is 2.29. The number of hydrogen-bond donors (Lipinski definition) is 3. The third kappa shape index (κ3) is 4.85. The van der Waals surface area contributed by atoms with Crippen LogP contribution >= 0.6 is 0 Å². The lowest BCUT2D eigenvalue weighted by Crippen LogP contribution is -2.27. The molecule has 0 bridgehead atoms. The van der Waals surface area contributed by atoms with Crippen LogP contribution in [0.15, 0.2) is 48.7 Å². The number of pyridine rings is 1. The Morgan fingerprint density at radius 3 is 2.69 bits per heavy atom. The van der Waals surface area contributed by atoms with Crippen LogP contribution in [-0.4, -0.2) is 43.8 Å². The van der Waals surface area contributed by atoms with Crippen LogP contribution in [0.4, 0.5) is 0 Å². The van der Waals surface area contributed by atoms with Gasteiger partial charge in [0.15, 0.2) is 0 Å². The van der Waals surface area contributed by atoms with Crippen molar-refractivity contribution < 1.29 is 15.1 Å². The summed E-state index contributed by atoms with van der Waals surface area (Å²) in [6, 6.07) is 14.9. The molecular formula is C25H32N4O3. The lowest BCUT2D eigenvalue weighted by Gasteiger charge is -2.25. The Hall–Kier alpha value is -2.74. The number of nitrogens with one attached hydrogen (secondary N) is 1. The fourth-order valence-electron chi connectivity index (χ4n) is 4.74. The Balaban J connectivity index is 1.47. The minimum Gasteiger partial charge on any atom is -0.384 e. The van der Waals surface area contributed by atoms with Gasteiger partial charge in [0.05, 0.1) is 11.2 Å². The quantitative estimate of drug-likeness (QED) is 0.372. The second-order valence-electron chi connectivity index (χ2n) is 9.14. The van der Waals surface area contributed by atoms with Gasteiger partial charge in [-0.1, -0.05) is 30.3 Å². The van der Waals surface area contributed by atoms with E-state index in [1.807, 2.05) is 22.8 Å². The van der Waals surface area contributed by atoms with Crippen LogP contribution < -0.4 is 5.48 Å². The zero-order chi connectivity index (χ0) is 22.7. The van der Waals surface area contributed by atoms with Gasteiger partial charge < -0.3 is 5.11 Å². The number of aryl methyl sites for hydroxylation is 1. The van der Waals surface area contributed by atoms with E-state index in [9.17, 15) is 9.90 Å². The SMILES string of the molecule is CC(C)(O)c1nn2ccccc2c1CCN1CCCC1c1ccc(CCC(=O)NO)cc1. The second-order valence-corrected chi connectivity index (χ2v) is 9.14. The van der Waals surface area contributed by atoms with Gasteiger partial charge in [-0.3, -0.25) is 14.9 Å². The van der Waals surface area contributed by atoms with Gasteiger partial charge in [-0.15, -0.1) is 0 Å². The third-order valence-corrected chi connectivity index (χ3v) is 6.36. The number of aromatic nitrogens is 2. The lowest BCUT2D eigenvalue weighted by molar-refractivity contribution is -0.129. The monoisotopic (exact) mass is 436 g/mol. The van der Waals surface area contributed by atoms with Gasteiger partial charge in [0, 0.05) is 30.8 Å². The highest BCUT2D eigenvalue weighted by atomic mass is 16.5. The maximum absolute atomic E-state index is 11.3. The van der Waals surface area contributed by atoms with E-state index in [0.29, 0.717) is 12.5 Å². The maximum atomic E-state index is 11.3. The van der Waals surface area contributed by atoms with Crippen LogP contribution in [-0.2, 0) is 23.2 Å². The average Bonchev–Trinajstić information content (AvgIpc) is 3.40. The Morgan fingerprint density at radius 2 is 1.97 bits per heavy atom. The minimum absolute atomic E-state index is 0.272. The predicted octanol–water partition coefficient (Wildman–Crippen LogP) is 3.38. The zero-order valence-corrected chi connectivity index (χ0v) is 18.8. The molecule has 4 rings (SSSR count). The largest absolute Gasteiger partial charge is 0.384 e. The summed E-state index contributed by atoms with van der Waals surface area (Å²) in [6.07, 6.45) is 5.93. The van der Waals surface area contributed by atoms with Gasteiger partial charge in [0.25, 0.3) is 0 Å². The van der Waals surface area contributed by atoms with E-state index in [2.05, 4.69) is 40.3 Å². The van der Waals surface area contributed by atoms with Crippen LogP contribution in [0.1, 0.15) is 61.5 Å². The molecule has 0 saturated carbocycles. The molecule has 1 aromatic carbocycles. The number of hydrogen-bond acceptors (Lipinski definition) is 5. The maximum Gasteiger partial charge on any atom is 0.243 e. The molecule has 1 atom stereocenters. The van der Waals surface area contributed by atoms with E-state index in [1.165, 1.54) is 5.56 Å². The summed E-state index contributed by atoms with van der Waals surface area (Å²) in [4.78, 5) is 13.8. The summed E-state index contributed by atoms with van der Waals surface area (Å²) in [5.74, 6) is -0.367. The van der Waals surface area contributed by atoms with Crippen LogP contribution in [0, 0.1) is 0 Å². The Kier molecular flexibility index (Phi) is 6.60. The number of amides is 1. The molecule has 0 spiro atoms. The van der Waals surface area contributed by atoms with Gasteiger partial charge in [0.1, 0.15) is 5.60 Å². The van der Waals surface area contributed by atoms with Crippen molar-refractivity contribution in [2.45, 2.75) is 57.6 Å². The molecular weight excluding hydrogens is 404 g/mol. The third-order valence-electron chi connectivity index (χ3n) is 6.36. The van der Waals surface area contributed by atoms with Crippen molar-refractivity contribution in [1.82, 2.24) is 20.0 Å². The van der Waals surface area contributed by atoms with Gasteiger partial charge in [-0.05, 0) is 69.3 Å². The first kappa shape index (κ1) is 22.5. The molecule has 3 heterocycles. The molecule has 1 aliphatic heterocycles. The fourth-order valence-corrected chi connectivity index (χ4v) is 4.74. The molecule has 3 N–H and O–H groups in total. The standard InChI is InChI=1S/C25H32N4O3/c1-25(2,31)24-20(22-6-3-4-16-29(22)26-24)14-17-28-15-5-7-21(28)19-11-8-18(9-12-19)10-13-23(30)27-32/h3-4,6,8-9,11-12,16,21,31-32H,5,7,10,13-15,17H2,1-2H3,(H,27,30). The van der Waals surface area contributed by atoms with Crippen LogP contribution in [0.3, 0.4) is 0 Å². The van der Waals surface area contributed by atoms with Gasteiger partial charge in [0.2, 0.25) is 5.91 Å². The van der Waals surface area contributed by atoms with Crippen LogP contribution in [0.5, 0.6) is 0 Å². The van der Waals surface area contributed by atoms with Crippen molar-refractivity contribution in [3.05, 3.63) is 71.0 Å². The number of nitrogens with zero attached hydrogens (tertiary/aromatic N) is 3. The topological polar surface area (TPSA) is 90.1 Å². The first-order valence-electron chi connectivity index (χ1n) is 11.3. The van der Waals surface area contributed by atoms with E-state index in [0.717, 1.165) is 54.7 Å². The van der Waals surface area contributed by atoms with E-state index >= 15 is 0 Å². The Labute approximate surface area is 188 Å². The highest BCUT2D eigenvalue weighted by molar-refractivity contribution is 5.74. The molecule has 2 aromatic heterocycles. The number of carbonyl (C=O) groups excluding carboxylic acids is 1.